The van der Waals surface area contributed by atoms with Crippen molar-refractivity contribution < 1.29 is 0 Å². The third-order valence-electron chi connectivity index (χ3n) is 4.63. The normalized spacial score (nSPS) is 13.4. The lowest BCUT2D eigenvalue weighted by molar-refractivity contribution is 1.34. The molecule has 92 valence electrons. The molecule has 1 aliphatic heterocycles. The standard InChI is InChI=1S/C18H10N2/c1-4-10-12-6-2-8-14-17(12)20-16(10)11(5-1)13-7-3-9-15(19-14)18(13)20/h1-9,19H. The van der Waals surface area contributed by atoms with E-state index >= 15 is 0 Å². The predicted octanol–water partition coefficient (Wildman–Crippen LogP) is 4.89. The minimum atomic E-state index is 1.20. The summed E-state index contributed by atoms with van der Waals surface area (Å²) in [6.07, 6.45) is 0. The van der Waals surface area contributed by atoms with Crippen molar-refractivity contribution in [1.29, 1.82) is 0 Å². The van der Waals surface area contributed by atoms with Crippen molar-refractivity contribution in [2.75, 3.05) is 5.32 Å². The van der Waals surface area contributed by atoms with Crippen molar-refractivity contribution >= 4 is 49.5 Å². The number of anilines is 2. The first-order valence-electron chi connectivity index (χ1n) is 6.90. The van der Waals surface area contributed by atoms with Crippen molar-refractivity contribution in [2.24, 2.45) is 0 Å². The molecule has 2 heteroatoms. The van der Waals surface area contributed by atoms with Crippen LogP contribution in [0.2, 0.25) is 0 Å². The van der Waals surface area contributed by atoms with Gasteiger partial charge in [-0.2, -0.15) is 0 Å². The molecule has 0 atom stereocenters. The summed E-state index contributed by atoms with van der Waals surface area (Å²) in [5, 5.41) is 8.97. The smallest absolute Gasteiger partial charge is 0.0777 e. The lowest BCUT2D eigenvalue weighted by Crippen LogP contribution is -1.99. The Balaban J connectivity index is 2.21. The SMILES string of the molecule is c1cc2c3c(c1)c1cccc4c5cccc(c5n3c14)N2. The molecule has 0 bridgehead atoms. The van der Waals surface area contributed by atoms with Crippen LogP contribution in [0.1, 0.15) is 0 Å². The van der Waals surface area contributed by atoms with Crippen LogP contribution in [-0.2, 0) is 0 Å². The molecule has 3 aromatic carbocycles. The van der Waals surface area contributed by atoms with Crippen molar-refractivity contribution in [3.8, 4) is 0 Å². The zero-order valence-corrected chi connectivity index (χ0v) is 10.6. The summed E-state index contributed by atoms with van der Waals surface area (Å²) >= 11 is 0. The second-order valence-corrected chi connectivity index (χ2v) is 5.57. The van der Waals surface area contributed by atoms with Gasteiger partial charge in [-0.15, -0.1) is 0 Å². The van der Waals surface area contributed by atoms with Gasteiger partial charge in [0, 0.05) is 21.5 Å². The molecule has 3 heterocycles. The molecule has 0 unspecified atom stereocenters. The van der Waals surface area contributed by atoms with Gasteiger partial charge in [-0.3, -0.25) is 0 Å². The van der Waals surface area contributed by atoms with Crippen molar-refractivity contribution in [2.45, 2.75) is 0 Å². The van der Waals surface area contributed by atoms with Crippen LogP contribution in [0, 0.1) is 0 Å². The van der Waals surface area contributed by atoms with E-state index < -0.39 is 0 Å². The maximum atomic E-state index is 3.59. The Bertz CT molecular complexity index is 1080. The van der Waals surface area contributed by atoms with E-state index in [1.165, 1.54) is 49.5 Å². The summed E-state index contributed by atoms with van der Waals surface area (Å²) in [6.45, 7) is 0. The number of hydrogen-bond donors (Lipinski definition) is 1. The highest BCUT2D eigenvalue weighted by molar-refractivity contribution is 6.27. The molecule has 5 aromatic rings. The summed E-state index contributed by atoms with van der Waals surface area (Å²) in [4.78, 5) is 0. The molecule has 1 aliphatic rings. The molecular weight excluding hydrogens is 244 g/mol. The predicted molar refractivity (Wildman–Crippen MR) is 84.4 cm³/mol. The Morgan fingerprint density at radius 1 is 0.550 bits per heavy atom. The summed E-state index contributed by atoms with van der Waals surface area (Å²) in [7, 11) is 0. The highest BCUT2D eigenvalue weighted by Gasteiger charge is 2.23. The highest BCUT2D eigenvalue weighted by Crippen LogP contribution is 2.46. The minimum Gasteiger partial charge on any atom is -0.352 e. The number of aromatic nitrogens is 1. The molecule has 2 nitrogen and oxygen atoms in total. The molecule has 0 fully saturated rings. The molecule has 0 amide bonds. The van der Waals surface area contributed by atoms with Crippen LogP contribution in [0.3, 0.4) is 0 Å². The van der Waals surface area contributed by atoms with Crippen LogP contribution < -0.4 is 5.32 Å². The third-order valence-corrected chi connectivity index (χ3v) is 4.63. The largest absolute Gasteiger partial charge is 0.352 e. The van der Waals surface area contributed by atoms with Gasteiger partial charge in [-0.1, -0.05) is 42.5 Å². The fourth-order valence-corrected chi connectivity index (χ4v) is 3.90. The van der Waals surface area contributed by atoms with Gasteiger partial charge in [0.2, 0.25) is 0 Å². The summed E-state index contributed by atoms with van der Waals surface area (Å²) in [6, 6.07) is 19.7. The molecule has 0 aliphatic carbocycles. The molecule has 2 aromatic heterocycles. The van der Waals surface area contributed by atoms with Gasteiger partial charge in [0.25, 0.3) is 0 Å². The zero-order valence-electron chi connectivity index (χ0n) is 10.6. The molecular formula is C18H10N2. The van der Waals surface area contributed by atoms with Crippen LogP contribution in [0.4, 0.5) is 11.4 Å². The van der Waals surface area contributed by atoms with Crippen LogP contribution in [0.5, 0.6) is 0 Å². The quantitative estimate of drug-likeness (QED) is 0.408. The second kappa shape index (κ2) is 2.73. The van der Waals surface area contributed by atoms with Crippen molar-refractivity contribution in [1.82, 2.24) is 4.40 Å². The topological polar surface area (TPSA) is 16.4 Å². The Morgan fingerprint density at radius 2 is 1.00 bits per heavy atom. The number of rotatable bonds is 0. The van der Waals surface area contributed by atoms with Crippen LogP contribution in [-0.4, -0.2) is 4.40 Å². The minimum absolute atomic E-state index is 1.20. The number of hydrogen-bond acceptors (Lipinski definition) is 1. The van der Waals surface area contributed by atoms with E-state index in [1.807, 2.05) is 0 Å². The van der Waals surface area contributed by atoms with E-state index in [2.05, 4.69) is 64.3 Å². The number of nitrogens with one attached hydrogen (secondary N) is 1. The fraction of sp³-hybridized carbons (Fsp3) is 0. The van der Waals surface area contributed by atoms with Gasteiger partial charge in [-0.25, -0.2) is 0 Å². The molecule has 6 rings (SSSR count). The first kappa shape index (κ1) is 9.21. The third kappa shape index (κ3) is 0.775. The molecule has 1 N–H and O–H groups in total. The Labute approximate surface area is 114 Å². The van der Waals surface area contributed by atoms with E-state index in [0.29, 0.717) is 0 Å². The van der Waals surface area contributed by atoms with Crippen molar-refractivity contribution in [3.63, 3.8) is 0 Å². The number of para-hydroxylation sites is 3. The van der Waals surface area contributed by atoms with Crippen LogP contribution in [0.25, 0.3) is 38.1 Å². The number of nitrogens with zero attached hydrogens (tertiary/aromatic N) is 1. The van der Waals surface area contributed by atoms with Crippen LogP contribution >= 0.6 is 0 Å². The van der Waals surface area contributed by atoms with Crippen molar-refractivity contribution in [3.05, 3.63) is 54.6 Å². The fourth-order valence-electron chi connectivity index (χ4n) is 3.90. The van der Waals surface area contributed by atoms with Gasteiger partial charge in [0.1, 0.15) is 0 Å². The summed E-state index contributed by atoms with van der Waals surface area (Å²) < 4.78 is 2.44. The maximum absolute atomic E-state index is 3.59. The Hall–Kier alpha value is -2.74. The lowest BCUT2D eigenvalue weighted by atomic mass is 10.1. The number of benzene rings is 3. The highest BCUT2D eigenvalue weighted by atomic mass is 15.0. The zero-order chi connectivity index (χ0) is 12.8. The molecule has 0 radical (unpaired) electrons. The molecule has 20 heavy (non-hydrogen) atoms. The Morgan fingerprint density at radius 3 is 1.55 bits per heavy atom. The van der Waals surface area contributed by atoms with E-state index in [9.17, 15) is 0 Å². The first-order valence-corrected chi connectivity index (χ1v) is 6.90. The van der Waals surface area contributed by atoms with Gasteiger partial charge in [-0.05, 0) is 12.1 Å². The van der Waals surface area contributed by atoms with E-state index in [0.717, 1.165) is 0 Å². The molecule has 0 spiro atoms. The maximum Gasteiger partial charge on any atom is 0.0777 e. The van der Waals surface area contributed by atoms with Crippen LogP contribution in [0.15, 0.2) is 54.6 Å². The average molecular weight is 254 g/mol. The second-order valence-electron chi connectivity index (χ2n) is 5.57. The van der Waals surface area contributed by atoms with Gasteiger partial charge in [0.05, 0.1) is 27.9 Å². The monoisotopic (exact) mass is 254 g/mol. The van der Waals surface area contributed by atoms with Gasteiger partial charge >= 0.3 is 0 Å². The van der Waals surface area contributed by atoms with E-state index in [-0.39, 0.29) is 0 Å². The average Bonchev–Trinajstić information content (AvgIpc) is 3.01. The van der Waals surface area contributed by atoms with Gasteiger partial charge < -0.3 is 9.72 Å². The summed E-state index contributed by atoms with van der Waals surface area (Å²) in [5.74, 6) is 0. The van der Waals surface area contributed by atoms with Gasteiger partial charge in [0.15, 0.2) is 0 Å². The Kier molecular flexibility index (Phi) is 1.26. The first-order chi connectivity index (χ1) is 9.93. The summed E-state index contributed by atoms with van der Waals surface area (Å²) in [5.41, 5.74) is 6.39. The molecule has 0 saturated heterocycles. The van der Waals surface area contributed by atoms with E-state index in [1.54, 1.807) is 0 Å². The molecule has 0 saturated carbocycles. The lowest BCUT2D eigenvalue weighted by Gasteiger charge is -2.16. The van der Waals surface area contributed by atoms with E-state index in [4.69, 9.17) is 0 Å². The number of fused-ring (bicyclic) bond motifs is 2.